The molecule has 0 radical (unpaired) electrons. The molecule has 0 spiro atoms. The van der Waals surface area contributed by atoms with Gasteiger partial charge in [0.15, 0.2) is 0 Å². The second-order valence-corrected chi connectivity index (χ2v) is 4.40. The van der Waals surface area contributed by atoms with Crippen LogP contribution in [0.3, 0.4) is 0 Å². The average Bonchev–Trinajstić information content (AvgIpc) is 2.33. The van der Waals surface area contributed by atoms with E-state index in [-0.39, 0.29) is 0 Å². The summed E-state index contributed by atoms with van der Waals surface area (Å²) in [7, 11) is 0. The van der Waals surface area contributed by atoms with Crippen LogP contribution in [0.2, 0.25) is 0 Å². The van der Waals surface area contributed by atoms with E-state index in [9.17, 15) is 4.79 Å². The van der Waals surface area contributed by atoms with Crippen molar-refractivity contribution < 1.29 is 4.79 Å². The van der Waals surface area contributed by atoms with Crippen LogP contribution in [-0.2, 0) is 11.2 Å². The van der Waals surface area contributed by atoms with Crippen molar-refractivity contribution >= 4 is 17.4 Å². The van der Waals surface area contributed by atoms with Crippen molar-refractivity contribution in [3.63, 3.8) is 0 Å². The van der Waals surface area contributed by atoms with Gasteiger partial charge in [-0.3, -0.25) is 4.79 Å². The molecule has 0 aliphatic rings. The second kappa shape index (κ2) is 8.35. The number of halogens is 1. The number of unbranched alkanes of at least 4 members (excludes halogenated alkanes) is 1. The van der Waals surface area contributed by atoms with Crippen LogP contribution in [0.4, 0.5) is 0 Å². The minimum absolute atomic E-state index is 0.355. The third-order valence-electron chi connectivity index (χ3n) is 2.60. The number of Topliss-reactive ketones (excluding diaryl/α,β-unsaturated/α-hetero) is 1. The van der Waals surface area contributed by atoms with E-state index in [1.54, 1.807) is 0 Å². The largest absolute Gasteiger partial charge is 0.300 e. The zero-order valence-corrected chi connectivity index (χ0v) is 10.4. The first-order valence-electron chi connectivity index (χ1n) is 5.94. The molecule has 2 heteroatoms. The Hall–Kier alpha value is -0.820. The molecule has 0 N–H and O–H groups in total. The minimum atomic E-state index is 0.355. The van der Waals surface area contributed by atoms with Crippen LogP contribution in [0.15, 0.2) is 30.3 Å². The third kappa shape index (κ3) is 5.92. The monoisotopic (exact) mass is 238 g/mol. The number of hydrogen-bond acceptors (Lipinski definition) is 1. The Morgan fingerprint density at radius 2 is 1.69 bits per heavy atom. The number of carbonyl (C=O) groups excluding carboxylic acids is 1. The third-order valence-corrected chi connectivity index (χ3v) is 2.87. The first-order chi connectivity index (χ1) is 7.83. The van der Waals surface area contributed by atoms with E-state index >= 15 is 0 Å². The van der Waals surface area contributed by atoms with Crippen molar-refractivity contribution in [2.45, 2.75) is 38.5 Å². The maximum Gasteiger partial charge on any atom is 0.132 e. The molecule has 0 aliphatic heterocycles. The van der Waals surface area contributed by atoms with Crippen LogP contribution < -0.4 is 0 Å². The van der Waals surface area contributed by atoms with Crippen molar-refractivity contribution in [2.24, 2.45) is 0 Å². The van der Waals surface area contributed by atoms with Crippen molar-refractivity contribution in [3.8, 4) is 0 Å². The first kappa shape index (κ1) is 13.2. The van der Waals surface area contributed by atoms with E-state index in [0.29, 0.717) is 24.5 Å². The molecule has 0 saturated carbocycles. The molecule has 1 aromatic rings. The van der Waals surface area contributed by atoms with Gasteiger partial charge in [0, 0.05) is 18.7 Å². The first-order valence-corrected chi connectivity index (χ1v) is 6.48. The zero-order chi connectivity index (χ0) is 11.6. The molecule has 0 unspecified atom stereocenters. The number of ketones is 1. The lowest BCUT2D eigenvalue weighted by Gasteiger charge is -2.01. The predicted octanol–water partition coefficient (Wildman–Crippen LogP) is 3.99. The highest BCUT2D eigenvalue weighted by Crippen LogP contribution is 2.08. The molecule has 0 atom stereocenters. The van der Waals surface area contributed by atoms with Gasteiger partial charge < -0.3 is 0 Å². The number of rotatable bonds is 8. The van der Waals surface area contributed by atoms with Crippen molar-refractivity contribution in [3.05, 3.63) is 35.9 Å². The maximum absolute atomic E-state index is 11.4. The normalized spacial score (nSPS) is 10.3. The number of aryl methyl sites for hydroxylation is 1. The summed E-state index contributed by atoms with van der Waals surface area (Å²) in [4.78, 5) is 11.4. The van der Waals surface area contributed by atoms with Gasteiger partial charge in [0.1, 0.15) is 5.78 Å². The molecule has 0 amide bonds. The Kier molecular flexibility index (Phi) is 6.91. The van der Waals surface area contributed by atoms with Gasteiger partial charge in [-0.2, -0.15) is 0 Å². The van der Waals surface area contributed by atoms with Gasteiger partial charge in [0.25, 0.3) is 0 Å². The van der Waals surface area contributed by atoms with E-state index in [4.69, 9.17) is 11.6 Å². The summed E-state index contributed by atoms with van der Waals surface area (Å²) in [5.74, 6) is 0.948. The molecule has 88 valence electrons. The van der Waals surface area contributed by atoms with Crippen LogP contribution in [0.5, 0.6) is 0 Å². The Balaban J connectivity index is 2.06. The summed E-state index contributed by atoms with van der Waals surface area (Å²) in [6.07, 6.45) is 5.34. The summed E-state index contributed by atoms with van der Waals surface area (Å²) < 4.78 is 0. The van der Waals surface area contributed by atoms with E-state index < -0.39 is 0 Å². The fourth-order valence-corrected chi connectivity index (χ4v) is 1.82. The lowest BCUT2D eigenvalue weighted by atomic mass is 10.0. The SMILES string of the molecule is O=C(CCCCl)CCCCc1ccccc1. The summed E-state index contributed by atoms with van der Waals surface area (Å²) >= 11 is 5.53. The average molecular weight is 239 g/mol. The van der Waals surface area contributed by atoms with Gasteiger partial charge >= 0.3 is 0 Å². The van der Waals surface area contributed by atoms with Crippen molar-refractivity contribution in [1.82, 2.24) is 0 Å². The Morgan fingerprint density at radius 3 is 2.38 bits per heavy atom. The van der Waals surface area contributed by atoms with Crippen molar-refractivity contribution in [1.29, 1.82) is 0 Å². The van der Waals surface area contributed by atoms with Crippen LogP contribution in [-0.4, -0.2) is 11.7 Å². The summed E-state index contributed by atoms with van der Waals surface area (Å²) in [6, 6.07) is 10.4. The van der Waals surface area contributed by atoms with Gasteiger partial charge in [0.05, 0.1) is 0 Å². The maximum atomic E-state index is 11.4. The molecule has 0 heterocycles. The number of carbonyl (C=O) groups is 1. The zero-order valence-electron chi connectivity index (χ0n) is 9.62. The quantitative estimate of drug-likeness (QED) is 0.495. The summed E-state index contributed by atoms with van der Waals surface area (Å²) in [5, 5.41) is 0. The van der Waals surface area contributed by atoms with Crippen LogP contribution in [0.1, 0.15) is 37.7 Å². The van der Waals surface area contributed by atoms with E-state index in [1.165, 1.54) is 5.56 Å². The second-order valence-electron chi connectivity index (χ2n) is 4.02. The molecule has 1 aromatic carbocycles. The molecular weight excluding hydrogens is 220 g/mol. The molecule has 1 rings (SSSR count). The highest BCUT2D eigenvalue weighted by molar-refractivity contribution is 6.17. The molecule has 0 saturated heterocycles. The minimum Gasteiger partial charge on any atom is -0.300 e. The Morgan fingerprint density at radius 1 is 1.00 bits per heavy atom. The lowest BCUT2D eigenvalue weighted by molar-refractivity contribution is -0.119. The lowest BCUT2D eigenvalue weighted by Crippen LogP contribution is -1.98. The highest BCUT2D eigenvalue weighted by atomic mass is 35.5. The molecule has 16 heavy (non-hydrogen) atoms. The number of alkyl halides is 1. The van der Waals surface area contributed by atoms with Crippen molar-refractivity contribution in [2.75, 3.05) is 5.88 Å². The Labute approximate surface area is 103 Å². The van der Waals surface area contributed by atoms with Gasteiger partial charge in [-0.25, -0.2) is 0 Å². The van der Waals surface area contributed by atoms with Gasteiger partial charge in [0.2, 0.25) is 0 Å². The molecule has 1 nitrogen and oxygen atoms in total. The molecule has 0 fully saturated rings. The topological polar surface area (TPSA) is 17.1 Å². The fourth-order valence-electron chi connectivity index (χ4n) is 1.68. The standard InChI is InChI=1S/C14H19ClO/c15-12-6-11-14(16)10-5-4-9-13-7-2-1-3-8-13/h1-3,7-8H,4-6,9-12H2. The molecule has 0 aliphatic carbocycles. The van der Waals surface area contributed by atoms with Gasteiger partial charge in [-0.15, -0.1) is 11.6 Å². The molecular formula is C14H19ClO. The highest BCUT2D eigenvalue weighted by Gasteiger charge is 2.01. The van der Waals surface area contributed by atoms with Crippen LogP contribution >= 0.6 is 11.6 Å². The Bertz CT molecular complexity index is 295. The number of benzene rings is 1. The predicted molar refractivity (Wildman–Crippen MR) is 69.0 cm³/mol. The van der Waals surface area contributed by atoms with E-state index in [0.717, 1.165) is 25.7 Å². The van der Waals surface area contributed by atoms with Gasteiger partial charge in [-0.1, -0.05) is 30.3 Å². The molecule has 0 bridgehead atoms. The number of hydrogen-bond donors (Lipinski definition) is 0. The fraction of sp³-hybridized carbons (Fsp3) is 0.500. The van der Waals surface area contributed by atoms with Crippen LogP contribution in [0, 0.1) is 0 Å². The van der Waals surface area contributed by atoms with Gasteiger partial charge in [-0.05, 0) is 31.2 Å². The summed E-state index contributed by atoms with van der Waals surface area (Å²) in [5.41, 5.74) is 1.36. The smallest absolute Gasteiger partial charge is 0.132 e. The van der Waals surface area contributed by atoms with E-state index in [2.05, 4.69) is 24.3 Å². The van der Waals surface area contributed by atoms with E-state index in [1.807, 2.05) is 6.07 Å². The van der Waals surface area contributed by atoms with Crippen LogP contribution in [0.25, 0.3) is 0 Å². The summed E-state index contributed by atoms with van der Waals surface area (Å²) in [6.45, 7) is 0. The molecule has 0 aromatic heterocycles.